The van der Waals surface area contributed by atoms with Crippen molar-refractivity contribution in [1.82, 2.24) is 10.2 Å². The van der Waals surface area contributed by atoms with E-state index in [1.807, 2.05) is 0 Å². The first-order valence-corrected chi connectivity index (χ1v) is 5.04. The summed E-state index contributed by atoms with van der Waals surface area (Å²) < 4.78 is 4.86. The lowest BCUT2D eigenvalue weighted by Gasteiger charge is -2.03. The van der Waals surface area contributed by atoms with Crippen molar-refractivity contribution in [2.75, 3.05) is 7.11 Å². The average molecular weight is 208 g/mol. The van der Waals surface area contributed by atoms with Crippen LogP contribution in [0.2, 0.25) is 0 Å². The Morgan fingerprint density at radius 2 is 2.13 bits per heavy atom. The molecule has 0 radical (unpaired) electrons. The van der Waals surface area contributed by atoms with Crippen molar-refractivity contribution >= 4 is 5.78 Å². The molecule has 0 aliphatic carbocycles. The number of aromatic nitrogens is 2. The molecule has 0 N–H and O–H groups in total. The van der Waals surface area contributed by atoms with Crippen molar-refractivity contribution in [2.45, 2.75) is 26.7 Å². The van der Waals surface area contributed by atoms with Gasteiger partial charge in [0.2, 0.25) is 5.88 Å². The van der Waals surface area contributed by atoms with Crippen molar-refractivity contribution in [1.29, 1.82) is 0 Å². The summed E-state index contributed by atoms with van der Waals surface area (Å²) in [5, 5.41) is 7.56. The van der Waals surface area contributed by atoms with E-state index < -0.39 is 0 Å². The van der Waals surface area contributed by atoms with Crippen molar-refractivity contribution in [2.24, 2.45) is 5.92 Å². The first-order chi connectivity index (χ1) is 7.13. The highest BCUT2D eigenvalue weighted by molar-refractivity contribution is 5.93. The first kappa shape index (κ1) is 11.6. The summed E-state index contributed by atoms with van der Waals surface area (Å²) in [6.07, 6.45) is 1.41. The number of carbonyl (C=O) groups is 1. The number of carbonyl (C=O) groups excluding carboxylic acids is 1. The molecule has 0 bridgehead atoms. The Hall–Kier alpha value is -1.45. The number of ether oxygens (including phenoxy) is 1. The van der Waals surface area contributed by atoms with Gasteiger partial charge in [-0.1, -0.05) is 13.8 Å². The van der Waals surface area contributed by atoms with Gasteiger partial charge < -0.3 is 4.74 Å². The van der Waals surface area contributed by atoms with Gasteiger partial charge >= 0.3 is 0 Å². The van der Waals surface area contributed by atoms with Crippen molar-refractivity contribution < 1.29 is 9.53 Å². The van der Waals surface area contributed by atoms with E-state index in [4.69, 9.17) is 4.74 Å². The molecule has 0 unspecified atom stereocenters. The van der Waals surface area contributed by atoms with Crippen LogP contribution in [0.3, 0.4) is 0 Å². The van der Waals surface area contributed by atoms with Crippen LogP contribution in [0.25, 0.3) is 0 Å². The van der Waals surface area contributed by atoms with E-state index in [-0.39, 0.29) is 5.78 Å². The highest BCUT2D eigenvalue weighted by Crippen LogP contribution is 2.09. The maximum Gasteiger partial charge on any atom is 0.233 e. The van der Waals surface area contributed by atoms with Crippen LogP contribution in [0, 0.1) is 5.92 Å². The predicted molar refractivity (Wildman–Crippen MR) is 57.0 cm³/mol. The minimum absolute atomic E-state index is 0.0406. The molecule has 15 heavy (non-hydrogen) atoms. The predicted octanol–water partition coefficient (Wildman–Crippen LogP) is 2.10. The van der Waals surface area contributed by atoms with E-state index >= 15 is 0 Å². The number of hydrogen-bond acceptors (Lipinski definition) is 4. The van der Waals surface area contributed by atoms with E-state index in [0.29, 0.717) is 23.9 Å². The van der Waals surface area contributed by atoms with E-state index in [9.17, 15) is 4.79 Å². The van der Waals surface area contributed by atoms with Gasteiger partial charge in [0.15, 0.2) is 5.78 Å². The minimum Gasteiger partial charge on any atom is -0.480 e. The van der Waals surface area contributed by atoms with Crippen LogP contribution < -0.4 is 4.74 Å². The molecular weight excluding hydrogens is 192 g/mol. The van der Waals surface area contributed by atoms with Gasteiger partial charge in [-0.15, -0.1) is 10.2 Å². The molecule has 82 valence electrons. The van der Waals surface area contributed by atoms with E-state index in [0.717, 1.165) is 6.42 Å². The quantitative estimate of drug-likeness (QED) is 0.695. The molecule has 1 heterocycles. The molecule has 0 aliphatic heterocycles. The third-order valence-corrected chi connectivity index (χ3v) is 2.08. The molecule has 1 aromatic heterocycles. The number of hydrogen-bond donors (Lipinski definition) is 0. The Morgan fingerprint density at radius 3 is 2.60 bits per heavy atom. The van der Waals surface area contributed by atoms with Gasteiger partial charge in [-0.3, -0.25) is 4.79 Å². The topological polar surface area (TPSA) is 52.1 Å². The summed E-state index contributed by atoms with van der Waals surface area (Å²) in [4.78, 5) is 11.6. The van der Waals surface area contributed by atoms with Crippen molar-refractivity contribution in [3.8, 4) is 5.88 Å². The monoisotopic (exact) mass is 208 g/mol. The highest BCUT2D eigenvalue weighted by atomic mass is 16.5. The van der Waals surface area contributed by atoms with Crippen molar-refractivity contribution in [3.05, 3.63) is 17.8 Å². The lowest BCUT2D eigenvalue weighted by molar-refractivity contribution is 0.0969. The Balaban J connectivity index is 2.58. The Labute approximate surface area is 89.7 Å². The van der Waals surface area contributed by atoms with Crippen LogP contribution >= 0.6 is 0 Å². The van der Waals surface area contributed by atoms with Crippen LogP contribution in [0.5, 0.6) is 5.88 Å². The van der Waals surface area contributed by atoms with E-state index in [1.54, 1.807) is 12.1 Å². The zero-order valence-corrected chi connectivity index (χ0v) is 9.36. The summed E-state index contributed by atoms with van der Waals surface area (Å²) in [5.74, 6) is 0.995. The fourth-order valence-electron chi connectivity index (χ4n) is 1.13. The molecular formula is C11H16N2O2. The third-order valence-electron chi connectivity index (χ3n) is 2.08. The average Bonchev–Trinajstić information content (AvgIpc) is 2.26. The fraction of sp³-hybridized carbons (Fsp3) is 0.545. The summed E-state index contributed by atoms with van der Waals surface area (Å²) in [6.45, 7) is 4.18. The van der Waals surface area contributed by atoms with Gasteiger partial charge in [0.05, 0.1) is 7.11 Å². The molecule has 4 nitrogen and oxygen atoms in total. The smallest absolute Gasteiger partial charge is 0.233 e. The number of ketones is 1. The zero-order valence-electron chi connectivity index (χ0n) is 9.36. The summed E-state index contributed by atoms with van der Waals surface area (Å²) in [6, 6.07) is 3.30. The van der Waals surface area contributed by atoms with Crippen LogP contribution in [-0.4, -0.2) is 23.1 Å². The molecule has 0 amide bonds. The van der Waals surface area contributed by atoms with Crippen LogP contribution in [0.1, 0.15) is 37.2 Å². The number of Topliss-reactive ketones (excluding diaryl/α,β-unsaturated/α-hetero) is 1. The standard InChI is InChI=1S/C11H16N2O2/c1-8(2)4-6-10(14)9-5-7-11(15-3)13-12-9/h5,7-8H,4,6H2,1-3H3. The van der Waals surface area contributed by atoms with Crippen LogP contribution in [0.15, 0.2) is 12.1 Å². The third kappa shape index (κ3) is 3.65. The maximum absolute atomic E-state index is 11.6. The molecule has 0 saturated carbocycles. The lowest BCUT2D eigenvalue weighted by Crippen LogP contribution is -2.05. The summed E-state index contributed by atoms with van der Waals surface area (Å²) in [7, 11) is 1.52. The largest absolute Gasteiger partial charge is 0.480 e. The molecule has 0 aliphatic rings. The molecule has 1 aromatic rings. The van der Waals surface area contributed by atoms with Gasteiger partial charge in [0.1, 0.15) is 5.69 Å². The zero-order chi connectivity index (χ0) is 11.3. The highest BCUT2D eigenvalue weighted by Gasteiger charge is 2.09. The van der Waals surface area contributed by atoms with Crippen LogP contribution in [-0.2, 0) is 0 Å². The molecule has 0 atom stereocenters. The SMILES string of the molecule is COc1ccc(C(=O)CCC(C)C)nn1. The Morgan fingerprint density at radius 1 is 1.40 bits per heavy atom. The molecule has 1 rings (SSSR count). The number of rotatable bonds is 5. The van der Waals surface area contributed by atoms with Gasteiger partial charge in [-0.05, 0) is 18.4 Å². The molecule has 0 saturated heterocycles. The van der Waals surface area contributed by atoms with E-state index in [2.05, 4.69) is 24.0 Å². The molecule has 0 spiro atoms. The molecule has 0 aromatic carbocycles. The van der Waals surface area contributed by atoms with Gasteiger partial charge in [-0.2, -0.15) is 0 Å². The fourth-order valence-corrected chi connectivity index (χ4v) is 1.13. The minimum atomic E-state index is 0.0406. The van der Waals surface area contributed by atoms with Crippen molar-refractivity contribution in [3.63, 3.8) is 0 Å². The number of nitrogens with zero attached hydrogens (tertiary/aromatic N) is 2. The second-order valence-corrected chi connectivity index (χ2v) is 3.82. The second kappa shape index (κ2) is 5.44. The van der Waals surface area contributed by atoms with Gasteiger partial charge in [0.25, 0.3) is 0 Å². The van der Waals surface area contributed by atoms with Crippen LogP contribution in [0.4, 0.5) is 0 Å². The van der Waals surface area contributed by atoms with E-state index in [1.165, 1.54) is 7.11 Å². The normalized spacial score (nSPS) is 10.4. The summed E-state index contributed by atoms with van der Waals surface area (Å²) >= 11 is 0. The summed E-state index contributed by atoms with van der Waals surface area (Å²) in [5.41, 5.74) is 0.413. The first-order valence-electron chi connectivity index (χ1n) is 5.04. The molecule has 0 fully saturated rings. The Bertz CT molecular complexity index is 320. The van der Waals surface area contributed by atoms with Gasteiger partial charge in [0, 0.05) is 12.5 Å². The maximum atomic E-state index is 11.6. The second-order valence-electron chi connectivity index (χ2n) is 3.82. The molecule has 4 heteroatoms. The number of methoxy groups -OCH3 is 1. The lowest BCUT2D eigenvalue weighted by atomic mass is 10.0. The van der Waals surface area contributed by atoms with Gasteiger partial charge in [-0.25, -0.2) is 0 Å². The Kier molecular flexibility index (Phi) is 4.21.